The second-order valence-electron chi connectivity index (χ2n) is 3.23. The van der Waals surface area contributed by atoms with Gasteiger partial charge in [-0.3, -0.25) is 4.79 Å². The van der Waals surface area contributed by atoms with E-state index in [0.29, 0.717) is 0 Å². The van der Waals surface area contributed by atoms with Gasteiger partial charge in [-0.05, 0) is 0 Å². The predicted octanol–water partition coefficient (Wildman–Crippen LogP) is 0.404. The van der Waals surface area contributed by atoms with Crippen LogP contribution in [0.5, 0.6) is 5.88 Å². The normalized spacial score (nSPS) is 11.5. The van der Waals surface area contributed by atoms with Gasteiger partial charge in [0.2, 0.25) is 5.88 Å². The molecule has 8 heteroatoms. The van der Waals surface area contributed by atoms with Gasteiger partial charge in [0, 0.05) is 18.7 Å². The fourth-order valence-corrected chi connectivity index (χ4v) is 1.11. The average Bonchev–Trinajstić information content (AvgIpc) is 2.25. The number of halogens is 3. The number of aromatic nitrogens is 2. The first-order valence-electron chi connectivity index (χ1n) is 4.82. The Balaban J connectivity index is 2.49. The molecule has 0 aliphatic heterocycles. The summed E-state index contributed by atoms with van der Waals surface area (Å²) in [5.41, 5.74) is -0.389. The Bertz CT molecular complexity index is 417. The molecule has 0 fully saturated rings. The number of rotatable bonds is 5. The lowest BCUT2D eigenvalue weighted by molar-refractivity contribution is -0.124. The van der Waals surface area contributed by atoms with Crippen LogP contribution in [0.1, 0.15) is 0 Å². The first kappa shape index (κ1) is 13.5. The molecule has 0 saturated heterocycles. The fraction of sp³-hybridized carbons (Fsp3) is 0.556. The highest BCUT2D eigenvalue weighted by Crippen LogP contribution is 2.11. The molecule has 1 N–H and O–H groups in total. The number of nitrogens with one attached hydrogen (secondary N) is 1. The number of nitrogens with zero attached hydrogens (tertiary/aromatic N) is 2. The Labute approximate surface area is 95.2 Å². The van der Waals surface area contributed by atoms with E-state index >= 15 is 0 Å². The molecule has 0 unspecified atom stereocenters. The third-order valence-electron chi connectivity index (χ3n) is 1.88. The van der Waals surface area contributed by atoms with E-state index in [9.17, 15) is 18.0 Å². The van der Waals surface area contributed by atoms with E-state index in [2.05, 4.69) is 10.4 Å². The number of alkyl halides is 3. The summed E-state index contributed by atoms with van der Waals surface area (Å²) in [6.07, 6.45) is -4.26. The maximum absolute atomic E-state index is 11.8. The van der Waals surface area contributed by atoms with E-state index in [0.717, 1.165) is 4.68 Å². The quantitative estimate of drug-likeness (QED) is 0.770. The van der Waals surface area contributed by atoms with Crippen LogP contribution in [-0.4, -0.2) is 36.2 Å². The molecule has 0 amide bonds. The summed E-state index contributed by atoms with van der Waals surface area (Å²) in [4.78, 5) is 11.3. The summed E-state index contributed by atoms with van der Waals surface area (Å²) >= 11 is 0. The molecule has 17 heavy (non-hydrogen) atoms. The van der Waals surface area contributed by atoms with Gasteiger partial charge in [0.15, 0.2) is 0 Å². The Morgan fingerprint density at radius 1 is 1.47 bits per heavy atom. The van der Waals surface area contributed by atoms with E-state index in [1.54, 1.807) is 0 Å². The molecule has 0 saturated carbocycles. The smallest absolute Gasteiger partial charge is 0.401 e. The van der Waals surface area contributed by atoms with Gasteiger partial charge in [-0.15, -0.1) is 5.10 Å². The molecular weight excluding hydrogens is 239 g/mol. The molecule has 0 aromatic carbocycles. The number of hydrogen-bond donors (Lipinski definition) is 1. The van der Waals surface area contributed by atoms with E-state index < -0.39 is 12.7 Å². The SMILES string of the molecule is COc1ccc(=O)n(CCNCC(F)(F)F)n1. The molecule has 5 nitrogen and oxygen atoms in total. The molecule has 0 radical (unpaired) electrons. The van der Waals surface area contributed by atoms with Crippen LogP contribution in [0.3, 0.4) is 0 Å². The van der Waals surface area contributed by atoms with Gasteiger partial charge in [0.05, 0.1) is 20.2 Å². The monoisotopic (exact) mass is 251 g/mol. The maximum atomic E-state index is 11.8. The highest BCUT2D eigenvalue weighted by atomic mass is 19.4. The Hall–Kier alpha value is -1.57. The summed E-state index contributed by atoms with van der Waals surface area (Å²) in [5, 5.41) is 5.96. The molecule has 0 aliphatic rings. The molecule has 1 aromatic rings. The number of hydrogen-bond acceptors (Lipinski definition) is 4. The number of ether oxygens (including phenoxy) is 1. The van der Waals surface area contributed by atoms with E-state index in [4.69, 9.17) is 4.74 Å². The second-order valence-corrected chi connectivity index (χ2v) is 3.23. The Kier molecular flexibility index (Phi) is 4.50. The summed E-state index contributed by atoms with van der Waals surface area (Å²) in [7, 11) is 1.39. The van der Waals surface area contributed by atoms with Crippen molar-refractivity contribution in [2.45, 2.75) is 12.7 Å². The molecule has 1 rings (SSSR count). The van der Waals surface area contributed by atoms with Crippen LogP contribution in [0.4, 0.5) is 13.2 Å². The minimum Gasteiger partial charge on any atom is -0.480 e. The lowest BCUT2D eigenvalue weighted by atomic mass is 10.5. The summed E-state index contributed by atoms with van der Waals surface area (Å²) in [6.45, 7) is -1.04. The van der Waals surface area contributed by atoms with Crippen molar-refractivity contribution >= 4 is 0 Å². The second kappa shape index (κ2) is 5.67. The molecule has 96 valence electrons. The van der Waals surface area contributed by atoms with Gasteiger partial charge >= 0.3 is 6.18 Å². The highest BCUT2D eigenvalue weighted by Gasteiger charge is 2.25. The molecule has 1 heterocycles. The Morgan fingerprint density at radius 2 is 2.18 bits per heavy atom. The highest BCUT2D eigenvalue weighted by molar-refractivity contribution is 5.05. The van der Waals surface area contributed by atoms with Crippen molar-refractivity contribution in [3.63, 3.8) is 0 Å². The molecule has 0 bridgehead atoms. The van der Waals surface area contributed by atoms with Gasteiger partial charge in [0.1, 0.15) is 0 Å². The molecule has 0 aliphatic carbocycles. The van der Waals surface area contributed by atoms with Crippen LogP contribution < -0.4 is 15.6 Å². The van der Waals surface area contributed by atoms with E-state index in [-0.39, 0.29) is 24.5 Å². The van der Waals surface area contributed by atoms with Gasteiger partial charge in [-0.1, -0.05) is 0 Å². The van der Waals surface area contributed by atoms with Gasteiger partial charge in [0.25, 0.3) is 5.56 Å². The van der Waals surface area contributed by atoms with Crippen molar-refractivity contribution in [2.75, 3.05) is 20.2 Å². The predicted molar refractivity (Wildman–Crippen MR) is 54.0 cm³/mol. The fourth-order valence-electron chi connectivity index (χ4n) is 1.11. The summed E-state index contributed by atoms with van der Waals surface area (Å²) in [5.74, 6) is 0.237. The van der Waals surface area contributed by atoms with Crippen LogP contribution in [0.25, 0.3) is 0 Å². The average molecular weight is 251 g/mol. The molecular formula is C9H12F3N3O2. The zero-order valence-electron chi connectivity index (χ0n) is 9.12. The standard InChI is InChI=1S/C9H12F3N3O2/c1-17-7-2-3-8(16)15(14-7)5-4-13-6-9(10,11)12/h2-3,13H,4-6H2,1H3. The van der Waals surface area contributed by atoms with Crippen molar-refractivity contribution in [3.8, 4) is 5.88 Å². The zero-order valence-corrected chi connectivity index (χ0v) is 9.12. The summed E-state index contributed by atoms with van der Waals surface area (Å²) in [6, 6.07) is 2.64. The lowest BCUT2D eigenvalue weighted by Crippen LogP contribution is -2.33. The molecule has 0 spiro atoms. The van der Waals surface area contributed by atoms with E-state index in [1.807, 2.05) is 0 Å². The number of methoxy groups -OCH3 is 1. The maximum Gasteiger partial charge on any atom is 0.401 e. The van der Waals surface area contributed by atoms with Crippen molar-refractivity contribution in [3.05, 3.63) is 22.5 Å². The van der Waals surface area contributed by atoms with Crippen molar-refractivity contribution < 1.29 is 17.9 Å². The zero-order chi connectivity index (χ0) is 12.9. The minimum absolute atomic E-state index is 0.000412. The topological polar surface area (TPSA) is 56.1 Å². The van der Waals surface area contributed by atoms with Crippen LogP contribution in [0, 0.1) is 0 Å². The lowest BCUT2D eigenvalue weighted by Gasteiger charge is -2.09. The molecule has 0 atom stereocenters. The van der Waals surface area contributed by atoms with Gasteiger partial charge in [-0.25, -0.2) is 4.68 Å². The first-order chi connectivity index (χ1) is 7.92. The largest absolute Gasteiger partial charge is 0.480 e. The Morgan fingerprint density at radius 3 is 2.76 bits per heavy atom. The van der Waals surface area contributed by atoms with Crippen LogP contribution >= 0.6 is 0 Å². The van der Waals surface area contributed by atoms with Gasteiger partial charge in [-0.2, -0.15) is 13.2 Å². The van der Waals surface area contributed by atoms with Crippen LogP contribution in [0.2, 0.25) is 0 Å². The minimum atomic E-state index is -4.26. The van der Waals surface area contributed by atoms with Crippen LogP contribution in [0.15, 0.2) is 16.9 Å². The summed E-state index contributed by atoms with van der Waals surface area (Å²) < 4.78 is 41.3. The van der Waals surface area contributed by atoms with Crippen molar-refractivity contribution in [1.82, 2.24) is 15.1 Å². The first-order valence-corrected chi connectivity index (χ1v) is 4.82. The molecule has 1 aromatic heterocycles. The van der Waals surface area contributed by atoms with Gasteiger partial charge < -0.3 is 10.1 Å². The van der Waals surface area contributed by atoms with Crippen LogP contribution in [-0.2, 0) is 6.54 Å². The third-order valence-corrected chi connectivity index (χ3v) is 1.88. The third kappa shape index (κ3) is 4.85. The van der Waals surface area contributed by atoms with Crippen molar-refractivity contribution in [1.29, 1.82) is 0 Å². The van der Waals surface area contributed by atoms with Crippen molar-refractivity contribution in [2.24, 2.45) is 0 Å². The van der Waals surface area contributed by atoms with E-state index in [1.165, 1.54) is 19.2 Å².